The van der Waals surface area contributed by atoms with Gasteiger partial charge in [0, 0.05) is 24.2 Å². The summed E-state index contributed by atoms with van der Waals surface area (Å²) in [6, 6.07) is 5.11. The lowest BCUT2D eigenvalue weighted by Crippen LogP contribution is -2.40. The molecular formula is C24H32BrN5O5S. The number of aromatic nitrogens is 1. The first kappa shape index (κ1) is 27.7. The molecule has 3 rings (SSSR count). The lowest BCUT2D eigenvalue weighted by Gasteiger charge is -2.24. The van der Waals surface area contributed by atoms with Crippen molar-refractivity contribution >= 4 is 62.4 Å². The number of benzene rings is 1. The van der Waals surface area contributed by atoms with Crippen molar-refractivity contribution in [3.05, 3.63) is 33.2 Å². The van der Waals surface area contributed by atoms with Crippen molar-refractivity contribution < 1.29 is 23.9 Å². The molecule has 1 aliphatic heterocycles. The van der Waals surface area contributed by atoms with Gasteiger partial charge in [0.25, 0.3) is 5.91 Å². The van der Waals surface area contributed by atoms with Gasteiger partial charge in [0.15, 0.2) is 3.92 Å². The van der Waals surface area contributed by atoms with Crippen molar-refractivity contribution in [2.75, 3.05) is 28.6 Å². The molecule has 0 unspecified atom stereocenters. The monoisotopic (exact) mass is 581 g/mol. The van der Waals surface area contributed by atoms with E-state index in [0.717, 1.165) is 5.69 Å². The second kappa shape index (κ2) is 11.0. The van der Waals surface area contributed by atoms with Crippen LogP contribution in [0.4, 0.5) is 26.7 Å². The van der Waals surface area contributed by atoms with Crippen LogP contribution in [0, 0.1) is 0 Å². The molecule has 0 radical (unpaired) electrons. The van der Waals surface area contributed by atoms with Crippen LogP contribution in [0.3, 0.4) is 0 Å². The molecular weight excluding hydrogens is 550 g/mol. The number of halogens is 1. The lowest BCUT2D eigenvalue weighted by molar-refractivity contribution is 0.0508. The Hall–Kier alpha value is -2.86. The van der Waals surface area contributed by atoms with E-state index in [2.05, 4.69) is 41.8 Å². The van der Waals surface area contributed by atoms with E-state index >= 15 is 0 Å². The van der Waals surface area contributed by atoms with Gasteiger partial charge >= 0.3 is 12.2 Å². The molecule has 1 atom stereocenters. The van der Waals surface area contributed by atoms with Crippen LogP contribution in [-0.2, 0) is 9.47 Å². The fourth-order valence-electron chi connectivity index (χ4n) is 3.52. The number of amides is 3. The summed E-state index contributed by atoms with van der Waals surface area (Å²) in [6.45, 7) is 12.0. The topological polar surface area (TPSA) is 122 Å². The Labute approximate surface area is 223 Å². The number of nitrogens with one attached hydrogen (secondary N) is 3. The summed E-state index contributed by atoms with van der Waals surface area (Å²) in [5.74, 6) is -0.379. The SMILES string of the molecule is CC(C)(C)OC(=O)Nc1ccc(N2CC[C@@H](NC(=O)OC(C)(C)C)C2)c(NC(=O)c2csc(Br)n2)c1. The van der Waals surface area contributed by atoms with Crippen LogP contribution in [0.5, 0.6) is 0 Å². The smallest absolute Gasteiger partial charge is 0.412 e. The molecule has 10 nitrogen and oxygen atoms in total. The van der Waals surface area contributed by atoms with Gasteiger partial charge in [-0.25, -0.2) is 14.6 Å². The number of ether oxygens (including phenoxy) is 2. The standard InChI is InChI=1S/C24H32BrN5O5S/c1-23(2,3)34-21(32)26-14-7-8-18(16(11-14)28-19(31)17-13-36-20(25)29-17)30-10-9-15(12-30)27-22(33)35-24(4,5)6/h7-8,11,13,15H,9-10,12H2,1-6H3,(H,26,32)(H,27,33)(H,28,31)/t15-/m1/s1. The number of thiazole rings is 1. The highest BCUT2D eigenvalue weighted by Gasteiger charge is 2.28. The quantitative estimate of drug-likeness (QED) is 0.419. The second-order valence-electron chi connectivity index (χ2n) is 10.4. The van der Waals surface area contributed by atoms with E-state index in [1.807, 2.05) is 26.8 Å². The summed E-state index contributed by atoms with van der Waals surface area (Å²) in [7, 11) is 0. The molecule has 196 valence electrons. The summed E-state index contributed by atoms with van der Waals surface area (Å²) in [5.41, 5.74) is 0.753. The highest BCUT2D eigenvalue weighted by Crippen LogP contribution is 2.33. The number of alkyl carbamates (subject to hydrolysis) is 1. The van der Waals surface area contributed by atoms with Crippen molar-refractivity contribution in [3.8, 4) is 0 Å². The first-order chi connectivity index (χ1) is 16.7. The molecule has 2 aromatic rings. The average molecular weight is 583 g/mol. The number of hydrogen-bond donors (Lipinski definition) is 3. The third-order valence-electron chi connectivity index (χ3n) is 4.85. The number of rotatable bonds is 5. The Bertz CT molecular complexity index is 1120. The molecule has 2 heterocycles. The van der Waals surface area contributed by atoms with Gasteiger partial charge in [0.05, 0.1) is 17.4 Å². The number of carbonyl (C=O) groups is 3. The number of carbonyl (C=O) groups excluding carboxylic acids is 3. The molecule has 1 saturated heterocycles. The molecule has 0 saturated carbocycles. The van der Waals surface area contributed by atoms with E-state index in [0.29, 0.717) is 34.8 Å². The predicted molar refractivity (Wildman–Crippen MR) is 144 cm³/mol. The van der Waals surface area contributed by atoms with Crippen LogP contribution in [0.1, 0.15) is 58.5 Å². The van der Waals surface area contributed by atoms with E-state index in [9.17, 15) is 14.4 Å². The van der Waals surface area contributed by atoms with Crippen molar-refractivity contribution in [1.82, 2.24) is 10.3 Å². The highest BCUT2D eigenvalue weighted by molar-refractivity contribution is 9.11. The maximum atomic E-state index is 12.9. The summed E-state index contributed by atoms with van der Waals surface area (Å²) >= 11 is 4.58. The predicted octanol–water partition coefficient (Wildman–Crippen LogP) is 5.61. The Morgan fingerprint density at radius 2 is 1.72 bits per heavy atom. The van der Waals surface area contributed by atoms with Gasteiger partial charge < -0.3 is 25.0 Å². The number of anilines is 3. The van der Waals surface area contributed by atoms with E-state index in [4.69, 9.17) is 9.47 Å². The molecule has 0 bridgehead atoms. The molecule has 3 amide bonds. The fraction of sp³-hybridized carbons (Fsp3) is 0.500. The van der Waals surface area contributed by atoms with Crippen molar-refractivity contribution in [2.24, 2.45) is 0 Å². The lowest BCUT2D eigenvalue weighted by atomic mass is 10.2. The number of hydrogen-bond acceptors (Lipinski definition) is 8. The molecule has 12 heteroatoms. The average Bonchev–Trinajstić information content (AvgIpc) is 3.34. The van der Waals surface area contributed by atoms with Crippen LogP contribution in [0.25, 0.3) is 0 Å². The zero-order valence-electron chi connectivity index (χ0n) is 21.2. The summed E-state index contributed by atoms with van der Waals surface area (Å²) in [5, 5.41) is 10.2. The zero-order valence-corrected chi connectivity index (χ0v) is 23.6. The van der Waals surface area contributed by atoms with E-state index in [-0.39, 0.29) is 17.6 Å². The minimum atomic E-state index is -0.648. The van der Waals surface area contributed by atoms with Gasteiger partial charge in [-0.15, -0.1) is 11.3 Å². The van der Waals surface area contributed by atoms with Crippen molar-refractivity contribution in [2.45, 2.75) is 65.2 Å². The van der Waals surface area contributed by atoms with E-state index < -0.39 is 23.4 Å². The molecule has 1 aliphatic rings. The van der Waals surface area contributed by atoms with Gasteiger partial charge in [0.1, 0.15) is 16.9 Å². The molecule has 36 heavy (non-hydrogen) atoms. The van der Waals surface area contributed by atoms with E-state index in [1.165, 1.54) is 11.3 Å². The third kappa shape index (κ3) is 8.37. The summed E-state index contributed by atoms with van der Waals surface area (Å²) in [6.07, 6.45) is -0.350. The van der Waals surface area contributed by atoms with Crippen LogP contribution < -0.4 is 20.9 Å². The van der Waals surface area contributed by atoms with Gasteiger partial charge in [-0.1, -0.05) is 0 Å². The van der Waals surface area contributed by atoms with Gasteiger partial charge in [-0.05, 0) is 82.1 Å². The fourth-order valence-corrected chi connectivity index (χ4v) is 4.52. The molecule has 1 fully saturated rings. The normalized spacial score (nSPS) is 15.9. The Kier molecular flexibility index (Phi) is 8.50. The highest BCUT2D eigenvalue weighted by atomic mass is 79.9. The molecule has 1 aromatic carbocycles. The molecule has 3 N–H and O–H groups in total. The maximum absolute atomic E-state index is 12.9. The van der Waals surface area contributed by atoms with Crippen molar-refractivity contribution in [3.63, 3.8) is 0 Å². The van der Waals surface area contributed by atoms with Crippen LogP contribution >= 0.6 is 27.3 Å². The Balaban J connectivity index is 1.79. The second-order valence-corrected chi connectivity index (χ2v) is 12.5. The largest absolute Gasteiger partial charge is 0.444 e. The molecule has 0 aliphatic carbocycles. The van der Waals surface area contributed by atoms with Gasteiger partial charge in [-0.2, -0.15) is 0 Å². The summed E-state index contributed by atoms with van der Waals surface area (Å²) in [4.78, 5) is 43.6. The minimum absolute atomic E-state index is 0.113. The van der Waals surface area contributed by atoms with Crippen LogP contribution in [-0.4, -0.2) is 53.4 Å². The Morgan fingerprint density at radius 3 is 2.33 bits per heavy atom. The third-order valence-corrected chi connectivity index (χ3v) is 6.21. The maximum Gasteiger partial charge on any atom is 0.412 e. The minimum Gasteiger partial charge on any atom is -0.444 e. The van der Waals surface area contributed by atoms with Crippen molar-refractivity contribution in [1.29, 1.82) is 0 Å². The molecule has 0 spiro atoms. The first-order valence-electron chi connectivity index (χ1n) is 11.5. The van der Waals surface area contributed by atoms with Gasteiger partial charge in [-0.3, -0.25) is 10.1 Å². The number of nitrogens with zero attached hydrogens (tertiary/aromatic N) is 2. The van der Waals surface area contributed by atoms with Crippen LogP contribution in [0.15, 0.2) is 27.5 Å². The first-order valence-corrected chi connectivity index (χ1v) is 13.2. The Morgan fingerprint density at radius 1 is 1.06 bits per heavy atom. The van der Waals surface area contributed by atoms with Gasteiger partial charge in [0.2, 0.25) is 0 Å². The zero-order chi connectivity index (χ0) is 26.7. The molecule has 1 aromatic heterocycles. The van der Waals surface area contributed by atoms with Crippen LogP contribution in [0.2, 0.25) is 0 Å². The van der Waals surface area contributed by atoms with E-state index in [1.54, 1.807) is 38.3 Å². The summed E-state index contributed by atoms with van der Waals surface area (Å²) < 4.78 is 11.3.